The Hall–Kier alpha value is -0.940. The van der Waals surface area contributed by atoms with Gasteiger partial charge in [0.1, 0.15) is 5.78 Å². The first-order valence-corrected chi connectivity index (χ1v) is 10.4. The Balaban J connectivity index is 0.000000694. The summed E-state index contributed by atoms with van der Waals surface area (Å²) in [4.78, 5) is 24.6. The van der Waals surface area contributed by atoms with Gasteiger partial charge in [-0.05, 0) is 65.6 Å². The fourth-order valence-corrected chi connectivity index (χ4v) is 3.13. The Morgan fingerprint density at radius 3 is 2.19 bits per heavy atom. The van der Waals surface area contributed by atoms with E-state index in [1.165, 1.54) is 25.9 Å². The summed E-state index contributed by atoms with van der Waals surface area (Å²) in [5, 5.41) is 2.63. The minimum Gasteiger partial charge on any atom is -0.375 e. The average Bonchev–Trinajstić information content (AvgIpc) is 2.57. The molecule has 1 fully saturated rings. The van der Waals surface area contributed by atoms with E-state index in [0.717, 1.165) is 12.3 Å². The minimum absolute atomic E-state index is 0.0554. The van der Waals surface area contributed by atoms with Crippen molar-refractivity contribution in [3.63, 3.8) is 0 Å². The first-order valence-electron chi connectivity index (χ1n) is 10.4. The number of nitrogens with zero attached hydrogens (tertiary/aromatic N) is 1. The molecule has 0 aromatic carbocycles. The van der Waals surface area contributed by atoms with Gasteiger partial charge in [0.15, 0.2) is 0 Å². The molecule has 0 aromatic rings. The van der Waals surface area contributed by atoms with E-state index in [9.17, 15) is 9.59 Å². The SMILES string of the molecule is CC(C)C(=O)C(C)(C)CCOC(C)(C)CCNC=O.CC1CCN(C)CC1. The fraction of sp³-hybridized carbons (Fsp3) is 0.909. The predicted octanol–water partition coefficient (Wildman–Crippen LogP) is 3.91. The van der Waals surface area contributed by atoms with Gasteiger partial charge in [-0.1, -0.05) is 34.6 Å². The predicted molar refractivity (Wildman–Crippen MR) is 113 cm³/mol. The summed E-state index contributed by atoms with van der Waals surface area (Å²) in [7, 11) is 2.20. The van der Waals surface area contributed by atoms with Crippen molar-refractivity contribution in [2.75, 3.05) is 33.3 Å². The molecule has 1 N–H and O–H groups in total. The molecule has 0 bridgehead atoms. The number of Topliss-reactive ketones (excluding diaryl/α,β-unsaturated/α-hetero) is 1. The van der Waals surface area contributed by atoms with Crippen molar-refractivity contribution in [3.05, 3.63) is 0 Å². The maximum absolute atomic E-state index is 12.0. The molecule has 160 valence electrons. The highest BCUT2D eigenvalue weighted by atomic mass is 16.5. The van der Waals surface area contributed by atoms with Crippen LogP contribution >= 0.6 is 0 Å². The van der Waals surface area contributed by atoms with Crippen LogP contribution in [0.4, 0.5) is 0 Å². The molecule has 0 unspecified atom stereocenters. The number of carbonyl (C=O) groups excluding carboxylic acids is 2. The van der Waals surface area contributed by atoms with Crippen molar-refractivity contribution in [2.45, 2.75) is 79.8 Å². The van der Waals surface area contributed by atoms with Crippen LogP contribution in [0.3, 0.4) is 0 Å². The summed E-state index contributed by atoms with van der Waals surface area (Å²) >= 11 is 0. The van der Waals surface area contributed by atoms with Crippen LogP contribution < -0.4 is 5.32 Å². The number of amides is 1. The van der Waals surface area contributed by atoms with Gasteiger partial charge in [0.2, 0.25) is 6.41 Å². The second-order valence-corrected chi connectivity index (χ2v) is 9.57. The molecule has 0 radical (unpaired) electrons. The molecule has 0 saturated carbocycles. The summed E-state index contributed by atoms with van der Waals surface area (Å²) in [6.07, 6.45) is 4.96. The lowest BCUT2D eigenvalue weighted by Gasteiger charge is -2.29. The van der Waals surface area contributed by atoms with E-state index < -0.39 is 0 Å². The summed E-state index contributed by atoms with van der Waals surface area (Å²) < 4.78 is 5.83. The highest BCUT2D eigenvalue weighted by molar-refractivity contribution is 5.85. The molecular weight excluding hydrogens is 340 g/mol. The number of carbonyl (C=O) groups is 2. The normalized spacial score (nSPS) is 16.6. The zero-order valence-electron chi connectivity index (χ0n) is 19.1. The Morgan fingerprint density at radius 1 is 1.19 bits per heavy atom. The largest absolute Gasteiger partial charge is 0.375 e. The fourth-order valence-electron chi connectivity index (χ4n) is 3.13. The maximum atomic E-state index is 12.0. The van der Waals surface area contributed by atoms with E-state index in [2.05, 4.69) is 24.2 Å². The third-order valence-electron chi connectivity index (χ3n) is 5.37. The van der Waals surface area contributed by atoms with Gasteiger partial charge >= 0.3 is 0 Å². The van der Waals surface area contributed by atoms with Gasteiger partial charge in [-0.15, -0.1) is 0 Å². The third-order valence-corrected chi connectivity index (χ3v) is 5.37. The van der Waals surface area contributed by atoms with Crippen molar-refractivity contribution in [1.29, 1.82) is 0 Å². The number of hydrogen-bond acceptors (Lipinski definition) is 4. The van der Waals surface area contributed by atoms with Gasteiger partial charge in [0.05, 0.1) is 5.60 Å². The molecule has 1 heterocycles. The number of rotatable bonds is 10. The molecule has 1 amide bonds. The molecule has 0 aromatic heterocycles. The lowest BCUT2D eigenvalue weighted by Crippen LogP contribution is -2.33. The molecule has 27 heavy (non-hydrogen) atoms. The van der Waals surface area contributed by atoms with Crippen LogP contribution in [0.1, 0.15) is 74.1 Å². The van der Waals surface area contributed by atoms with E-state index in [1.807, 2.05) is 41.5 Å². The van der Waals surface area contributed by atoms with Crippen molar-refractivity contribution < 1.29 is 14.3 Å². The van der Waals surface area contributed by atoms with Crippen LogP contribution in [0, 0.1) is 17.3 Å². The highest BCUT2D eigenvalue weighted by Gasteiger charge is 2.30. The van der Waals surface area contributed by atoms with Crippen LogP contribution in [0.5, 0.6) is 0 Å². The topological polar surface area (TPSA) is 58.6 Å². The second kappa shape index (κ2) is 12.5. The van der Waals surface area contributed by atoms with Crippen LogP contribution in [-0.4, -0.2) is 56.0 Å². The standard InChI is InChI=1S/C15H29NO3.C7H15N/c1-12(2)13(18)14(3,4)8-10-19-15(5,6)7-9-16-11-17;1-7-3-5-8(2)6-4-7/h11-12H,7-10H2,1-6H3,(H,16,17);7H,3-6H2,1-2H3. The van der Waals surface area contributed by atoms with E-state index >= 15 is 0 Å². The summed E-state index contributed by atoms with van der Waals surface area (Å²) in [6.45, 7) is 17.9. The van der Waals surface area contributed by atoms with E-state index in [0.29, 0.717) is 26.0 Å². The smallest absolute Gasteiger partial charge is 0.207 e. The van der Waals surface area contributed by atoms with E-state index in [4.69, 9.17) is 4.74 Å². The van der Waals surface area contributed by atoms with Gasteiger partial charge in [-0.2, -0.15) is 0 Å². The number of ether oxygens (including phenoxy) is 1. The van der Waals surface area contributed by atoms with Crippen LogP contribution in [0.25, 0.3) is 0 Å². The number of hydrogen-bond donors (Lipinski definition) is 1. The van der Waals surface area contributed by atoms with Crippen molar-refractivity contribution >= 4 is 12.2 Å². The monoisotopic (exact) mass is 384 g/mol. The lowest BCUT2D eigenvalue weighted by atomic mass is 9.80. The van der Waals surface area contributed by atoms with Gasteiger partial charge in [-0.3, -0.25) is 9.59 Å². The summed E-state index contributed by atoms with van der Waals surface area (Å²) in [5.41, 5.74) is -0.627. The zero-order valence-corrected chi connectivity index (χ0v) is 19.1. The first kappa shape index (κ1) is 26.1. The van der Waals surface area contributed by atoms with Gasteiger partial charge in [0, 0.05) is 24.5 Å². The molecule has 5 heteroatoms. The molecular formula is C22H44N2O3. The minimum atomic E-state index is -0.342. The summed E-state index contributed by atoms with van der Waals surface area (Å²) in [6, 6.07) is 0. The number of nitrogens with one attached hydrogen (secondary N) is 1. The third kappa shape index (κ3) is 12.2. The Kier molecular flexibility index (Phi) is 12.1. The highest BCUT2D eigenvalue weighted by Crippen LogP contribution is 2.26. The number of likely N-dealkylation sites (tertiary alicyclic amines) is 1. The van der Waals surface area contributed by atoms with E-state index in [-0.39, 0.29) is 22.7 Å². The Bertz CT molecular complexity index is 415. The molecule has 1 saturated heterocycles. The first-order chi connectivity index (χ1) is 12.4. The molecule has 0 atom stereocenters. The van der Waals surface area contributed by atoms with Crippen molar-refractivity contribution in [3.8, 4) is 0 Å². The van der Waals surface area contributed by atoms with Crippen molar-refractivity contribution in [1.82, 2.24) is 10.2 Å². The molecule has 5 nitrogen and oxygen atoms in total. The number of piperidine rings is 1. The van der Waals surface area contributed by atoms with E-state index in [1.54, 1.807) is 0 Å². The van der Waals surface area contributed by atoms with Gasteiger partial charge in [0.25, 0.3) is 0 Å². The molecule has 1 aliphatic rings. The molecule has 1 rings (SSSR count). The van der Waals surface area contributed by atoms with Crippen LogP contribution in [0.2, 0.25) is 0 Å². The van der Waals surface area contributed by atoms with Crippen LogP contribution in [-0.2, 0) is 14.3 Å². The van der Waals surface area contributed by atoms with Gasteiger partial charge in [-0.25, -0.2) is 0 Å². The zero-order chi connectivity index (χ0) is 21.1. The van der Waals surface area contributed by atoms with Crippen LogP contribution in [0.15, 0.2) is 0 Å². The van der Waals surface area contributed by atoms with Gasteiger partial charge < -0.3 is 15.0 Å². The van der Waals surface area contributed by atoms with Crippen molar-refractivity contribution in [2.24, 2.45) is 17.3 Å². The maximum Gasteiger partial charge on any atom is 0.207 e. The Labute approximate surface area is 167 Å². The number of ketones is 1. The molecule has 0 spiro atoms. The molecule has 1 aliphatic heterocycles. The second-order valence-electron chi connectivity index (χ2n) is 9.57. The average molecular weight is 385 g/mol. The summed E-state index contributed by atoms with van der Waals surface area (Å²) in [5.74, 6) is 1.31. The quantitative estimate of drug-likeness (QED) is 0.458. The molecule has 0 aliphatic carbocycles. The lowest BCUT2D eigenvalue weighted by molar-refractivity contribution is -0.132. The Morgan fingerprint density at radius 2 is 1.74 bits per heavy atom.